The van der Waals surface area contributed by atoms with E-state index in [-0.39, 0.29) is 4.75 Å². The summed E-state index contributed by atoms with van der Waals surface area (Å²) in [5, 5.41) is 3.47. The van der Waals surface area contributed by atoms with Crippen LogP contribution in [0.2, 0.25) is 0 Å². The summed E-state index contributed by atoms with van der Waals surface area (Å²) in [6.07, 6.45) is 2.58. The lowest BCUT2D eigenvalue weighted by Gasteiger charge is -2.34. The van der Waals surface area contributed by atoms with Crippen molar-refractivity contribution in [1.29, 1.82) is 0 Å². The average Bonchev–Trinajstić information content (AvgIpc) is 2.78. The van der Waals surface area contributed by atoms with Crippen LogP contribution in [0, 0.1) is 0 Å². The van der Waals surface area contributed by atoms with Gasteiger partial charge >= 0.3 is 0 Å². The molecular formula is C14H21NOS. The molecule has 2 atom stereocenters. The minimum atomic E-state index is 0.281. The van der Waals surface area contributed by atoms with Crippen molar-refractivity contribution >= 4 is 11.8 Å². The van der Waals surface area contributed by atoms with Gasteiger partial charge in [-0.25, -0.2) is 0 Å². The zero-order valence-electron chi connectivity index (χ0n) is 10.8. The summed E-state index contributed by atoms with van der Waals surface area (Å²) in [6.45, 7) is 2.36. The minimum absolute atomic E-state index is 0.281. The van der Waals surface area contributed by atoms with Crippen LogP contribution in [0.4, 0.5) is 0 Å². The highest BCUT2D eigenvalue weighted by atomic mass is 32.2. The van der Waals surface area contributed by atoms with Crippen LogP contribution in [0.15, 0.2) is 24.3 Å². The third kappa shape index (κ3) is 2.45. The third-order valence-electron chi connectivity index (χ3n) is 3.60. The van der Waals surface area contributed by atoms with E-state index in [9.17, 15) is 0 Å². The Kier molecular flexibility index (Phi) is 4.00. The van der Waals surface area contributed by atoms with Crippen molar-refractivity contribution < 1.29 is 4.74 Å². The lowest BCUT2D eigenvalue weighted by atomic mass is 9.90. The molecule has 1 aliphatic heterocycles. The van der Waals surface area contributed by atoms with Crippen LogP contribution in [-0.2, 0) is 0 Å². The summed E-state index contributed by atoms with van der Waals surface area (Å²) >= 11 is 2.07. The lowest BCUT2D eigenvalue weighted by molar-refractivity contribution is 0.382. The summed E-state index contributed by atoms with van der Waals surface area (Å²) in [6, 6.07) is 8.68. The maximum atomic E-state index is 5.48. The fourth-order valence-corrected chi connectivity index (χ4v) is 4.18. The second kappa shape index (κ2) is 5.32. The van der Waals surface area contributed by atoms with E-state index in [1.807, 2.05) is 19.2 Å². The van der Waals surface area contributed by atoms with E-state index < -0.39 is 0 Å². The number of methoxy groups -OCH3 is 1. The van der Waals surface area contributed by atoms with Gasteiger partial charge in [0.1, 0.15) is 5.75 Å². The molecule has 0 radical (unpaired) electrons. The van der Waals surface area contributed by atoms with Crippen LogP contribution in [0.1, 0.15) is 31.4 Å². The molecule has 0 saturated carbocycles. The molecule has 3 heteroatoms. The normalized spacial score (nSPS) is 25.8. The number of nitrogens with one attached hydrogen (secondary N) is 1. The van der Waals surface area contributed by atoms with Gasteiger partial charge in [-0.3, -0.25) is 0 Å². The van der Waals surface area contributed by atoms with E-state index in [1.165, 1.54) is 24.2 Å². The van der Waals surface area contributed by atoms with Crippen LogP contribution < -0.4 is 10.1 Å². The number of thioether (sulfide) groups is 1. The Bertz CT molecular complexity index is 374. The van der Waals surface area contributed by atoms with Crippen LogP contribution in [0.25, 0.3) is 0 Å². The zero-order valence-corrected chi connectivity index (χ0v) is 11.6. The molecule has 0 spiro atoms. The highest BCUT2D eigenvalue weighted by Gasteiger charge is 2.38. The highest BCUT2D eigenvalue weighted by molar-refractivity contribution is 8.00. The van der Waals surface area contributed by atoms with Gasteiger partial charge in [-0.2, -0.15) is 11.8 Å². The number of ether oxygens (including phenoxy) is 1. The molecule has 1 heterocycles. The number of hydrogen-bond acceptors (Lipinski definition) is 3. The van der Waals surface area contributed by atoms with Crippen molar-refractivity contribution in [2.24, 2.45) is 0 Å². The quantitative estimate of drug-likeness (QED) is 0.887. The van der Waals surface area contributed by atoms with E-state index in [2.05, 4.69) is 36.1 Å². The zero-order chi connectivity index (χ0) is 12.3. The molecule has 0 aromatic heterocycles. The molecule has 2 nitrogen and oxygen atoms in total. The second-order valence-electron chi connectivity index (χ2n) is 4.73. The maximum absolute atomic E-state index is 5.48. The SMILES string of the molecule is CNC(c1ccccc1OC)C1(C)CCCS1. The van der Waals surface area contributed by atoms with Crippen LogP contribution in [0.3, 0.4) is 0 Å². The Hall–Kier alpha value is -0.670. The van der Waals surface area contributed by atoms with Gasteiger partial charge in [0.15, 0.2) is 0 Å². The summed E-state index contributed by atoms with van der Waals surface area (Å²) in [4.78, 5) is 0. The Labute approximate surface area is 108 Å². The van der Waals surface area contributed by atoms with Crippen molar-refractivity contribution in [1.82, 2.24) is 5.32 Å². The standard InChI is InChI=1S/C14H21NOS/c1-14(9-6-10-17-14)13(15-2)11-7-4-5-8-12(11)16-3/h4-5,7-8,13,15H,6,9-10H2,1-3H3. The first-order valence-corrected chi connectivity index (χ1v) is 7.14. The van der Waals surface area contributed by atoms with E-state index in [0.717, 1.165) is 5.75 Å². The van der Waals surface area contributed by atoms with Crippen LogP contribution in [-0.4, -0.2) is 24.7 Å². The Morgan fingerprint density at radius 3 is 2.76 bits per heavy atom. The van der Waals surface area contributed by atoms with Crippen molar-refractivity contribution in [2.75, 3.05) is 19.9 Å². The molecule has 2 rings (SSSR count). The smallest absolute Gasteiger partial charge is 0.123 e. The van der Waals surface area contributed by atoms with Gasteiger partial charge in [0.05, 0.1) is 13.2 Å². The Balaban J connectivity index is 2.34. The summed E-state index contributed by atoms with van der Waals surface area (Å²) < 4.78 is 5.76. The molecule has 17 heavy (non-hydrogen) atoms. The highest BCUT2D eigenvalue weighted by Crippen LogP contribution is 2.47. The van der Waals surface area contributed by atoms with Crippen LogP contribution in [0.5, 0.6) is 5.75 Å². The predicted octanol–water partition coefficient (Wildman–Crippen LogP) is 3.24. The van der Waals surface area contributed by atoms with Crippen molar-refractivity contribution in [3.63, 3.8) is 0 Å². The molecule has 1 aromatic rings. The van der Waals surface area contributed by atoms with Gasteiger partial charge in [0, 0.05) is 10.3 Å². The molecule has 1 saturated heterocycles. The van der Waals surface area contributed by atoms with Crippen molar-refractivity contribution in [2.45, 2.75) is 30.6 Å². The molecule has 0 bridgehead atoms. The van der Waals surface area contributed by atoms with E-state index >= 15 is 0 Å². The lowest BCUT2D eigenvalue weighted by Crippen LogP contribution is -2.35. The van der Waals surface area contributed by atoms with Gasteiger partial charge in [0.25, 0.3) is 0 Å². The van der Waals surface area contributed by atoms with Gasteiger partial charge in [0.2, 0.25) is 0 Å². The Morgan fingerprint density at radius 2 is 2.18 bits per heavy atom. The van der Waals surface area contributed by atoms with Gasteiger partial charge in [-0.05, 0) is 38.6 Å². The van der Waals surface area contributed by atoms with Gasteiger partial charge in [-0.1, -0.05) is 18.2 Å². The summed E-state index contributed by atoms with van der Waals surface area (Å²) in [5.41, 5.74) is 1.27. The molecule has 0 aliphatic carbocycles. The topological polar surface area (TPSA) is 21.3 Å². The molecular weight excluding hydrogens is 230 g/mol. The van der Waals surface area contributed by atoms with E-state index in [0.29, 0.717) is 6.04 Å². The molecule has 1 aliphatic rings. The Morgan fingerprint density at radius 1 is 1.41 bits per heavy atom. The molecule has 0 amide bonds. The number of para-hydroxylation sites is 1. The number of hydrogen-bond donors (Lipinski definition) is 1. The van der Waals surface area contributed by atoms with Gasteiger partial charge < -0.3 is 10.1 Å². The third-order valence-corrected chi connectivity index (χ3v) is 5.19. The molecule has 94 valence electrons. The predicted molar refractivity (Wildman–Crippen MR) is 74.9 cm³/mol. The molecule has 2 unspecified atom stereocenters. The largest absolute Gasteiger partial charge is 0.496 e. The van der Waals surface area contributed by atoms with E-state index in [4.69, 9.17) is 4.74 Å². The first-order chi connectivity index (χ1) is 8.21. The first-order valence-electron chi connectivity index (χ1n) is 6.15. The van der Waals surface area contributed by atoms with Gasteiger partial charge in [-0.15, -0.1) is 0 Å². The first kappa shape index (κ1) is 12.8. The summed E-state index contributed by atoms with van der Waals surface area (Å²) in [7, 11) is 3.79. The maximum Gasteiger partial charge on any atom is 0.123 e. The monoisotopic (exact) mass is 251 g/mol. The number of rotatable bonds is 4. The molecule has 1 N–H and O–H groups in total. The average molecular weight is 251 g/mol. The molecule has 1 aromatic carbocycles. The summed E-state index contributed by atoms with van der Waals surface area (Å²) in [5.74, 6) is 2.25. The second-order valence-corrected chi connectivity index (χ2v) is 6.36. The van der Waals surface area contributed by atoms with Crippen molar-refractivity contribution in [3.05, 3.63) is 29.8 Å². The molecule has 1 fully saturated rings. The number of benzene rings is 1. The van der Waals surface area contributed by atoms with Crippen molar-refractivity contribution in [3.8, 4) is 5.75 Å². The fraction of sp³-hybridized carbons (Fsp3) is 0.571. The van der Waals surface area contributed by atoms with E-state index in [1.54, 1.807) is 7.11 Å². The van der Waals surface area contributed by atoms with Crippen LogP contribution >= 0.6 is 11.8 Å². The fourth-order valence-electron chi connectivity index (χ4n) is 2.72. The minimum Gasteiger partial charge on any atom is -0.496 e.